The number of rotatable bonds is 3. The number of nitrogens with one attached hydrogen (secondary N) is 1. The van der Waals surface area contributed by atoms with E-state index in [1.54, 1.807) is 6.07 Å². The fourth-order valence-electron chi connectivity index (χ4n) is 2.28. The maximum Gasteiger partial charge on any atom is 0.123 e. The summed E-state index contributed by atoms with van der Waals surface area (Å²) in [6.07, 6.45) is 1.18. The molecule has 0 saturated carbocycles. The van der Waals surface area contributed by atoms with E-state index >= 15 is 0 Å². The third-order valence-electron chi connectivity index (χ3n) is 3.18. The molecule has 2 unspecified atom stereocenters. The van der Waals surface area contributed by atoms with E-state index < -0.39 is 0 Å². The monoisotopic (exact) mass is 240 g/mol. The van der Waals surface area contributed by atoms with E-state index in [0.29, 0.717) is 5.92 Å². The molecule has 1 aliphatic rings. The van der Waals surface area contributed by atoms with Crippen molar-refractivity contribution in [1.82, 2.24) is 5.43 Å². The lowest BCUT2D eigenvalue weighted by atomic mass is 9.90. The molecule has 1 saturated heterocycles. The molecule has 2 atom stereocenters. The van der Waals surface area contributed by atoms with Crippen LogP contribution in [0.25, 0.3) is 0 Å². The Labute approximate surface area is 99.8 Å². The normalized spacial score (nSPS) is 22.3. The number of halogens is 1. The van der Waals surface area contributed by atoms with Gasteiger partial charge in [-0.15, -0.1) is 0 Å². The van der Waals surface area contributed by atoms with Gasteiger partial charge in [-0.05, 0) is 54.0 Å². The summed E-state index contributed by atoms with van der Waals surface area (Å²) in [6, 6.07) is 5.07. The van der Waals surface area contributed by atoms with E-state index in [4.69, 9.17) is 5.84 Å². The molecular weight excluding hydrogens is 223 g/mol. The number of aryl methyl sites for hydroxylation is 1. The molecule has 1 aromatic carbocycles. The van der Waals surface area contributed by atoms with Gasteiger partial charge in [-0.3, -0.25) is 11.3 Å². The van der Waals surface area contributed by atoms with Crippen LogP contribution in [0.4, 0.5) is 4.39 Å². The van der Waals surface area contributed by atoms with E-state index in [2.05, 4.69) is 5.43 Å². The minimum Gasteiger partial charge on any atom is -0.271 e. The first kappa shape index (κ1) is 11.9. The van der Waals surface area contributed by atoms with Gasteiger partial charge in [-0.1, -0.05) is 6.07 Å². The molecule has 1 aromatic rings. The Balaban J connectivity index is 2.25. The summed E-state index contributed by atoms with van der Waals surface area (Å²) >= 11 is 1.96. The maximum absolute atomic E-state index is 13.0. The lowest BCUT2D eigenvalue weighted by Gasteiger charge is -2.24. The van der Waals surface area contributed by atoms with E-state index in [1.807, 2.05) is 24.8 Å². The average Bonchev–Trinajstić information content (AvgIpc) is 2.75. The number of thioether (sulfide) groups is 1. The van der Waals surface area contributed by atoms with Crippen LogP contribution < -0.4 is 11.3 Å². The molecule has 1 heterocycles. The van der Waals surface area contributed by atoms with Gasteiger partial charge in [-0.2, -0.15) is 11.8 Å². The van der Waals surface area contributed by atoms with Gasteiger partial charge >= 0.3 is 0 Å². The Kier molecular flexibility index (Phi) is 3.84. The van der Waals surface area contributed by atoms with Crippen molar-refractivity contribution < 1.29 is 4.39 Å². The molecule has 2 rings (SSSR count). The van der Waals surface area contributed by atoms with Gasteiger partial charge in [0.2, 0.25) is 0 Å². The van der Waals surface area contributed by atoms with Crippen LogP contribution in [-0.2, 0) is 0 Å². The van der Waals surface area contributed by atoms with Crippen molar-refractivity contribution >= 4 is 11.8 Å². The van der Waals surface area contributed by atoms with Crippen molar-refractivity contribution in [3.8, 4) is 0 Å². The van der Waals surface area contributed by atoms with Crippen molar-refractivity contribution in [1.29, 1.82) is 0 Å². The summed E-state index contributed by atoms with van der Waals surface area (Å²) < 4.78 is 13.0. The van der Waals surface area contributed by atoms with Crippen molar-refractivity contribution in [3.05, 3.63) is 35.1 Å². The number of hydrogen-bond donors (Lipinski definition) is 2. The first-order valence-electron chi connectivity index (χ1n) is 5.52. The molecule has 0 aromatic heterocycles. The zero-order valence-electron chi connectivity index (χ0n) is 9.37. The Hall–Kier alpha value is -0.580. The summed E-state index contributed by atoms with van der Waals surface area (Å²) in [5.74, 6) is 8.34. The molecule has 0 amide bonds. The Bertz CT molecular complexity index is 364. The standard InChI is InChI=1S/C12H17FN2S/c1-8-6-10(13)2-3-11(8)12(15-14)9-4-5-16-7-9/h2-3,6,9,12,15H,4-5,7,14H2,1H3. The second-order valence-corrected chi connectivity index (χ2v) is 5.42. The average molecular weight is 240 g/mol. The zero-order valence-corrected chi connectivity index (χ0v) is 10.2. The van der Waals surface area contributed by atoms with Crippen LogP contribution in [0.5, 0.6) is 0 Å². The molecule has 0 bridgehead atoms. The first-order chi connectivity index (χ1) is 7.72. The molecule has 1 fully saturated rings. The SMILES string of the molecule is Cc1cc(F)ccc1C(NN)C1CCSC1. The van der Waals surface area contributed by atoms with Gasteiger partial charge in [0.25, 0.3) is 0 Å². The molecule has 0 aliphatic carbocycles. The largest absolute Gasteiger partial charge is 0.271 e. The van der Waals surface area contributed by atoms with E-state index in [0.717, 1.165) is 16.9 Å². The van der Waals surface area contributed by atoms with Crippen LogP contribution in [0.15, 0.2) is 18.2 Å². The predicted molar refractivity (Wildman–Crippen MR) is 66.6 cm³/mol. The fraction of sp³-hybridized carbons (Fsp3) is 0.500. The molecule has 88 valence electrons. The Morgan fingerprint density at radius 3 is 2.94 bits per heavy atom. The Morgan fingerprint density at radius 2 is 2.38 bits per heavy atom. The Morgan fingerprint density at radius 1 is 1.56 bits per heavy atom. The van der Waals surface area contributed by atoms with Gasteiger partial charge in [-0.25, -0.2) is 4.39 Å². The lowest BCUT2D eigenvalue weighted by Crippen LogP contribution is -2.34. The van der Waals surface area contributed by atoms with Gasteiger partial charge < -0.3 is 0 Å². The molecule has 2 nitrogen and oxygen atoms in total. The summed E-state index contributed by atoms with van der Waals surface area (Å²) in [6.45, 7) is 1.94. The number of benzene rings is 1. The smallest absolute Gasteiger partial charge is 0.123 e. The summed E-state index contributed by atoms with van der Waals surface area (Å²) in [7, 11) is 0. The van der Waals surface area contributed by atoms with Crippen LogP contribution in [0.3, 0.4) is 0 Å². The quantitative estimate of drug-likeness (QED) is 0.629. The lowest BCUT2D eigenvalue weighted by molar-refractivity contribution is 0.398. The first-order valence-corrected chi connectivity index (χ1v) is 6.67. The third kappa shape index (κ3) is 2.39. The highest BCUT2D eigenvalue weighted by Gasteiger charge is 2.26. The second kappa shape index (κ2) is 5.17. The van der Waals surface area contributed by atoms with Crippen molar-refractivity contribution in [2.75, 3.05) is 11.5 Å². The summed E-state index contributed by atoms with van der Waals surface area (Å²) in [5, 5.41) is 0. The molecule has 0 spiro atoms. The van der Waals surface area contributed by atoms with Crippen LogP contribution in [0, 0.1) is 18.7 Å². The number of nitrogens with two attached hydrogens (primary N) is 1. The zero-order chi connectivity index (χ0) is 11.5. The minimum absolute atomic E-state index is 0.149. The summed E-state index contributed by atoms with van der Waals surface area (Å²) in [4.78, 5) is 0. The van der Waals surface area contributed by atoms with Crippen LogP contribution in [0.1, 0.15) is 23.6 Å². The highest BCUT2D eigenvalue weighted by Crippen LogP contribution is 2.34. The predicted octanol–water partition coefficient (Wildman–Crippen LogP) is 2.39. The van der Waals surface area contributed by atoms with Gasteiger partial charge in [0, 0.05) is 6.04 Å². The van der Waals surface area contributed by atoms with Gasteiger partial charge in [0.05, 0.1) is 0 Å². The minimum atomic E-state index is -0.183. The second-order valence-electron chi connectivity index (χ2n) is 4.27. The fourth-order valence-corrected chi connectivity index (χ4v) is 3.58. The third-order valence-corrected chi connectivity index (χ3v) is 4.37. The highest BCUT2D eigenvalue weighted by atomic mass is 32.2. The molecule has 0 radical (unpaired) electrons. The van der Waals surface area contributed by atoms with Gasteiger partial charge in [0.15, 0.2) is 0 Å². The van der Waals surface area contributed by atoms with Crippen molar-refractivity contribution in [2.24, 2.45) is 11.8 Å². The molecule has 3 N–H and O–H groups in total. The van der Waals surface area contributed by atoms with E-state index in [1.165, 1.54) is 18.2 Å². The maximum atomic E-state index is 13.0. The molecule has 1 aliphatic heterocycles. The molecule has 4 heteroatoms. The van der Waals surface area contributed by atoms with E-state index in [-0.39, 0.29) is 11.9 Å². The topological polar surface area (TPSA) is 38.0 Å². The molecular formula is C12H17FN2S. The summed E-state index contributed by atoms with van der Waals surface area (Å²) in [5.41, 5.74) is 4.98. The highest BCUT2D eigenvalue weighted by molar-refractivity contribution is 7.99. The van der Waals surface area contributed by atoms with Crippen LogP contribution in [0.2, 0.25) is 0 Å². The van der Waals surface area contributed by atoms with Gasteiger partial charge in [0.1, 0.15) is 5.82 Å². The van der Waals surface area contributed by atoms with Crippen molar-refractivity contribution in [3.63, 3.8) is 0 Å². The van der Waals surface area contributed by atoms with Crippen LogP contribution >= 0.6 is 11.8 Å². The van der Waals surface area contributed by atoms with E-state index in [9.17, 15) is 4.39 Å². The van der Waals surface area contributed by atoms with Crippen molar-refractivity contribution in [2.45, 2.75) is 19.4 Å². The molecule has 16 heavy (non-hydrogen) atoms. The number of hydrazine groups is 1. The number of hydrogen-bond acceptors (Lipinski definition) is 3. The van der Waals surface area contributed by atoms with Crippen LogP contribution in [-0.4, -0.2) is 11.5 Å².